The van der Waals surface area contributed by atoms with E-state index in [-0.39, 0.29) is 11.7 Å². The summed E-state index contributed by atoms with van der Waals surface area (Å²) < 4.78 is 71.7. The maximum absolute atomic E-state index is 11.2. The summed E-state index contributed by atoms with van der Waals surface area (Å²) in [6, 6.07) is 8.62. The van der Waals surface area contributed by atoms with Crippen LogP contribution in [0, 0.1) is 5.41 Å². The van der Waals surface area contributed by atoms with E-state index >= 15 is 0 Å². The third-order valence-corrected chi connectivity index (χ3v) is 7.00. The molecule has 10 heteroatoms. The molecule has 152 valence electrons. The Hall–Kier alpha value is -1.72. The number of rotatable bonds is 4. The lowest BCUT2D eigenvalue weighted by Gasteiger charge is -2.41. The van der Waals surface area contributed by atoms with Crippen LogP contribution in [-0.4, -0.2) is 32.0 Å². The number of benzene rings is 2. The van der Waals surface area contributed by atoms with Gasteiger partial charge in [-0.15, -0.1) is 0 Å². The molecule has 2 N–H and O–H groups in total. The van der Waals surface area contributed by atoms with Crippen LogP contribution >= 0.6 is 0 Å². The van der Waals surface area contributed by atoms with Gasteiger partial charge in [0.15, 0.2) is 0 Å². The summed E-state index contributed by atoms with van der Waals surface area (Å²) in [6.07, 6.45) is 2.12. The quantitative estimate of drug-likeness (QED) is 0.712. The SMILES string of the molecule is C[C@]12CCc3c(ccc4cc(OS(=O)(=O)O)ccc34)[C@@H]1CCC2OS(=O)(=O)O. The van der Waals surface area contributed by atoms with E-state index in [4.69, 9.17) is 13.3 Å². The van der Waals surface area contributed by atoms with Crippen LogP contribution in [0.2, 0.25) is 0 Å². The summed E-state index contributed by atoms with van der Waals surface area (Å²) in [6.45, 7) is 2.00. The van der Waals surface area contributed by atoms with E-state index in [0.717, 1.165) is 28.3 Å². The van der Waals surface area contributed by atoms with E-state index in [2.05, 4.69) is 4.18 Å². The molecule has 1 saturated carbocycles. The highest BCUT2D eigenvalue weighted by molar-refractivity contribution is 7.81. The van der Waals surface area contributed by atoms with Gasteiger partial charge in [-0.25, -0.2) is 4.18 Å². The lowest BCUT2D eigenvalue weighted by Crippen LogP contribution is -2.38. The molecular formula is C18H20O8S2. The molecule has 2 aliphatic carbocycles. The molecule has 2 aromatic carbocycles. The highest BCUT2D eigenvalue weighted by Crippen LogP contribution is 2.57. The topological polar surface area (TPSA) is 127 Å². The molecule has 0 spiro atoms. The monoisotopic (exact) mass is 428 g/mol. The van der Waals surface area contributed by atoms with Gasteiger partial charge >= 0.3 is 20.8 Å². The van der Waals surface area contributed by atoms with Gasteiger partial charge in [0.05, 0.1) is 6.10 Å². The number of fused-ring (bicyclic) bond motifs is 5. The standard InChI is InChI=1S/C18H20O8S2/c1-18-9-8-14-13-5-3-12(25-27(19,20)21)10-11(13)2-4-15(14)16(18)6-7-17(18)26-28(22,23)24/h2-5,10,16-17H,6-9H2,1H3,(H,19,20,21)(H,22,23,24)/t16-,17?,18-/m0/s1. The molecule has 1 fully saturated rings. The predicted octanol–water partition coefficient (Wildman–Crippen LogP) is 3.04. The summed E-state index contributed by atoms with van der Waals surface area (Å²) in [5.41, 5.74) is 1.85. The van der Waals surface area contributed by atoms with Gasteiger partial charge in [0.2, 0.25) is 0 Å². The summed E-state index contributed by atoms with van der Waals surface area (Å²) in [5.74, 6) is 0.124. The van der Waals surface area contributed by atoms with E-state index in [9.17, 15) is 16.8 Å². The Morgan fingerprint density at radius 3 is 2.46 bits per heavy atom. The molecule has 2 aliphatic rings. The second-order valence-corrected chi connectivity index (χ2v) is 9.75. The largest absolute Gasteiger partial charge is 0.446 e. The first kappa shape index (κ1) is 19.6. The Morgan fingerprint density at radius 1 is 1.04 bits per heavy atom. The Labute approximate surface area is 163 Å². The van der Waals surface area contributed by atoms with E-state index in [0.29, 0.717) is 19.3 Å². The number of hydrogen-bond donors (Lipinski definition) is 2. The van der Waals surface area contributed by atoms with Crippen LogP contribution in [0.4, 0.5) is 0 Å². The molecule has 8 nitrogen and oxygen atoms in total. The first-order chi connectivity index (χ1) is 13.0. The van der Waals surface area contributed by atoms with Crippen LogP contribution in [-0.2, 0) is 31.4 Å². The third-order valence-electron chi connectivity index (χ3n) is 6.12. The Kier molecular flexibility index (Phi) is 4.47. The normalized spacial score (nSPS) is 27.4. The minimum absolute atomic E-state index is 0.0260. The molecule has 0 radical (unpaired) electrons. The van der Waals surface area contributed by atoms with Crippen molar-refractivity contribution in [1.29, 1.82) is 0 Å². The molecule has 0 bridgehead atoms. The summed E-state index contributed by atoms with van der Waals surface area (Å²) in [7, 11) is -9.10. The van der Waals surface area contributed by atoms with Crippen molar-refractivity contribution in [2.24, 2.45) is 5.41 Å². The Bertz CT molecular complexity index is 1160. The molecule has 1 unspecified atom stereocenters. The summed E-state index contributed by atoms with van der Waals surface area (Å²) in [4.78, 5) is 0. The van der Waals surface area contributed by atoms with E-state index in [1.165, 1.54) is 6.07 Å². The van der Waals surface area contributed by atoms with Crippen LogP contribution in [0.1, 0.15) is 43.2 Å². The minimum Gasteiger partial charge on any atom is -0.362 e. The van der Waals surface area contributed by atoms with E-state index in [1.54, 1.807) is 12.1 Å². The highest BCUT2D eigenvalue weighted by atomic mass is 32.3. The van der Waals surface area contributed by atoms with Gasteiger partial charge in [0.25, 0.3) is 0 Å². The molecule has 28 heavy (non-hydrogen) atoms. The number of hydrogen-bond acceptors (Lipinski definition) is 6. The molecule has 2 aromatic rings. The molecule has 4 rings (SSSR count). The molecule has 0 heterocycles. The maximum Gasteiger partial charge on any atom is 0.446 e. The van der Waals surface area contributed by atoms with Gasteiger partial charge < -0.3 is 4.18 Å². The maximum atomic E-state index is 11.2. The van der Waals surface area contributed by atoms with E-state index in [1.807, 2.05) is 19.1 Å². The second kappa shape index (κ2) is 6.39. The van der Waals surface area contributed by atoms with Crippen molar-refractivity contribution in [3.8, 4) is 5.75 Å². The van der Waals surface area contributed by atoms with Gasteiger partial charge in [-0.05, 0) is 65.6 Å². The van der Waals surface area contributed by atoms with Gasteiger partial charge in [0, 0.05) is 5.41 Å². The first-order valence-electron chi connectivity index (χ1n) is 8.84. The molecule has 0 aromatic heterocycles. The minimum atomic E-state index is -4.59. The summed E-state index contributed by atoms with van der Waals surface area (Å²) in [5, 5.41) is 1.74. The van der Waals surface area contributed by atoms with Gasteiger partial charge in [-0.2, -0.15) is 16.8 Å². The second-order valence-electron chi connectivity index (χ2n) is 7.68. The number of aryl methyl sites for hydroxylation is 1. The zero-order valence-corrected chi connectivity index (χ0v) is 16.7. The fourth-order valence-corrected chi connectivity index (χ4v) is 5.87. The van der Waals surface area contributed by atoms with Crippen LogP contribution in [0.15, 0.2) is 30.3 Å². The van der Waals surface area contributed by atoms with Crippen molar-refractivity contribution >= 4 is 31.6 Å². The van der Waals surface area contributed by atoms with Crippen molar-refractivity contribution in [2.75, 3.05) is 0 Å². The van der Waals surface area contributed by atoms with Crippen molar-refractivity contribution < 1.29 is 34.3 Å². The average Bonchev–Trinajstić information content (AvgIpc) is 2.88. The zero-order valence-electron chi connectivity index (χ0n) is 15.0. The van der Waals surface area contributed by atoms with Crippen molar-refractivity contribution in [3.05, 3.63) is 41.5 Å². The van der Waals surface area contributed by atoms with Crippen LogP contribution in [0.5, 0.6) is 5.75 Å². The van der Waals surface area contributed by atoms with Gasteiger partial charge in [-0.3, -0.25) is 9.11 Å². The zero-order chi connectivity index (χ0) is 20.3. The predicted molar refractivity (Wildman–Crippen MR) is 101 cm³/mol. The Balaban J connectivity index is 1.73. The van der Waals surface area contributed by atoms with E-state index < -0.39 is 32.3 Å². The van der Waals surface area contributed by atoms with Gasteiger partial charge in [-0.1, -0.05) is 25.1 Å². The van der Waals surface area contributed by atoms with Crippen molar-refractivity contribution in [1.82, 2.24) is 0 Å². The molecule has 0 amide bonds. The molecular weight excluding hydrogens is 408 g/mol. The smallest absolute Gasteiger partial charge is 0.362 e. The fraction of sp³-hybridized carbons (Fsp3) is 0.444. The van der Waals surface area contributed by atoms with Crippen molar-refractivity contribution in [2.45, 2.75) is 44.6 Å². The fourth-order valence-electron chi connectivity index (χ4n) is 4.92. The Morgan fingerprint density at radius 2 is 1.79 bits per heavy atom. The average molecular weight is 428 g/mol. The molecule has 3 atom stereocenters. The summed E-state index contributed by atoms with van der Waals surface area (Å²) >= 11 is 0. The van der Waals surface area contributed by atoms with Crippen molar-refractivity contribution in [3.63, 3.8) is 0 Å². The highest BCUT2D eigenvalue weighted by Gasteiger charge is 2.51. The molecule has 0 saturated heterocycles. The van der Waals surface area contributed by atoms with Crippen LogP contribution in [0.25, 0.3) is 10.8 Å². The lowest BCUT2D eigenvalue weighted by atomic mass is 9.65. The van der Waals surface area contributed by atoms with Gasteiger partial charge in [0.1, 0.15) is 5.75 Å². The molecule has 0 aliphatic heterocycles. The third kappa shape index (κ3) is 3.50. The van der Waals surface area contributed by atoms with Crippen LogP contribution < -0.4 is 4.18 Å². The lowest BCUT2D eigenvalue weighted by molar-refractivity contribution is 0.0613. The first-order valence-corrected chi connectivity index (χ1v) is 11.6. The van der Waals surface area contributed by atoms with Crippen LogP contribution in [0.3, 0.4) is 0 Å².